The summed E-state index contributed by atoms with van der Waals surface area (Å²) in [5, 5.41) is 2.83. The van der Waals surface area contributed by atoms with Crippen molar-refractivity contribution in [3.05, 3.63) is 29.8 Å². The Labute approximate surface area is 145 Å². The standard InChI is InChI=1S/C17H23F3N2OS/c1-13-5-2-3-11-22(13)12-4-10-21-16(23)14-6-8-15(9-7-14)24-17(18,19)20/h6-9,13H,2-5,10-12H2,1H3,(H,21,23). The summed E-state index contributed by atoms with van der Waals surface area (Å²) in [5.74, 6) is -0.245. The minimum atomic E-state index is -4.31. The van der Waals surface area contributed by atoms with Gasteiger partial charge in [0.25, 0.3) is 5.91 Å². The Morgan fingerprint density at radius 2 is 2.00 bits per heavy atom. The van der Waals surface area contributed by atoms with Gasteiger partial charge in [-0.3, -0.25) is 4.79 Å². The Hall–Kier alpha value is -1.21. The van der Waals surface area contributed by atoms with Gasteiger partial charge in [0.2, 0.25) is 0 Å². The molecule has 7 heteroatoms. The predicted octanol–water partition coefficient (Wildman–Crippen LogP) is 4.29. The zero-order valence-electron chi connectivity index (χ0n) is 13.7. The van der Waals surface area contributed by atoms with Gasteiger partial charge in [-0.1, -0.05) is 6.42 Å². The van der Waals surface area contributed by atoms with E-state index in [0.29, 0.717) is 18.2 Å². The smallest absolute Gasteiger partial charge is 0.352 e. The number of thioether (sulfide) groups is 1. The summed E-state index contributed by atoms with van der Waals surface area (Å²) in [4.78, 5) is 14.5. The Kier molecular flexibility index (Phi) is 6.98. The molecule has 1 N–H and O–H groups in total. The van der Waals surface area contributed by atoms with E-state index in [1.165, 1.54) is 43.5 Å². The maximum absolute atomic E-state index is 12.3. The van der Waals surface area contributed by atoms with Crippen molar-refractivity contribution in [2.75, 3.05) is 19.6 Å². The summed E-state index contributed by atoms with van der Waals surface area (Å²) in [5.41, 5.74) is -3.93. The summed E-state index contributed by atoms with van der Waals surface area (Å²) in [7, 11) is 0. The third-order valence-corrected chi connectivity index (χ3v) is 4.94. The van der Waals surface area contributed by atoms with Crippen LogP contribution >= 0.6 is 11.8 Å². The number of carbonyl (C=O) groups is 1. The molecule has 1 aliphatic heterocycles. The molecule has 1 fully saturated rings. The number of nitrogens with one attached hydrogen (secondary N) is 1. The van der Waals surface area contributed by atoms with Gasteiger partial charge in [0.05, 0.1) is 0 Å². The largest absolute Gasteiger partial charge is 0.446 e. The van der Waals surface area contributed by atoms with E-state index in [9.17, 15) is 18.0 Å². The molecular formula is C17H23F3N2OS. The molecule has 1 aliphatic rings. The first-order chi connectivity index (χ1) is 11.3. The first-order valence-electron chi connectivity index (χ1n) is 8.23. The number of nitrogens with zero attached hydrogens (tertiary/aromatic N) is 1. The number of hydrogen-bond acceptors (Lipinski definition) is 3. The van der Waals surface area contributed by atoms with E-state index in [-0.39, 0.29) is 22.6 Å². The van der Waals surface area contributed by atoms with Crippen molar-refractivity contribution in [3.8, 4) is 0 Å². The van der Waals surface area contributed by atoms with E-state index in [2.05, 4.69) is 17.1 Å². The van der Waals surface area contributed by atoms with Crippen molar-refractivity contribution in [2.45, 2.75) is 49.1 Å². The monoisotopic (exact) mass is 360 g/mol. The number of amides is 1. The van der Waals surface area contributed by atoms with E-state index in [0.717, 1.165) is 19.5 Å². The normalized spacial score (nSPS) is 19.2. The zero-order chi connectivity index (χ0) is 17.6. The Balaban J connectivity index is 1.72. The number of carbonyl (C=O) groups excluding carboxylic acids is 1. The van der Waals surface area contributed by atoms with Gasteiger partial charge >= 0.3 is 5.51 Å². The highest BCUT2D eigenvalue weighted by Gasteiger charge is 2.29. The highest BCUT2D eigenvalue weighted by molar-refractivity contribution is 8.00. The summed E-state index contributed by atoms with van der Waals surface area (Å²) < 4.78 is 36.8. The molecule has 24 heavy (non-hydrogen) atoms. The lowest BCUT2D eigenvalue weighted by Gasteiger charge is -2.33. The molecule has 1 saturated heterocycles. The van der Waals surface area contributed by atoms with Crippen molar-refractivity contribution >= 4 is 17.7 Å². The molecule has 1 unspecified atom stereocenters. The van der Waals surface area contributed by atoms with E-state index in [1.807, 2.05) is 0 Å². The van der Waals surface area contributed by atoms with Crippen LogP contribution in [0.25, 0.3) is 0 Å². The highest BCUT2D eigenvalue weighted by atomic mass is 32.2. The molecule has 0 spiro atoms. The van der Waals surface area contributed by atoms with Crippen LogP contribution in [0.15, 0.2) is 29.2 Å². The highest BCUT2D eigenvalue weighted by Crippen LogP contribution is 2.36. The molecule has 0 bridgehead atoms. The minimum absolute atomic E-state index is 0.0816. The first kappa shape index (κ1) is 19.1. The van der Waals surface area contributed by atoms with Gasteiger partial charge < -0.3 is 10.2 Å². The fourth-order valence-corrected chi connectivity index (χ4v) is 3.42. The lowest BCUT2D eigenvalue weighted by Crippen LogP contribution is -2.39. The third-order valence-electron chi connectivity index (χ3n) is 4.20. The zero-order valence-corrected chi connectivity index (χ0v) is 14.6. The Bertz CT molecular complexity index is 534. The molecule has 0 aliphatic carbocycles. The van der Waals surface area contributed by atoms with Crippen LogP contribution in [0, 0.1) is 0 Å². The molecule has 134 valence electrons. The average Bonchev–Trinajstić information content (AvgIpc) is 2.52. The Morgan fingerprint density at radius 3 is 2.62 bits per heavy atom. The van der Waals surface area contributed by atoms with Crippen molar-refractivity contribution < 1.29 is 18.0 Å². The quantitative estimate of drug-likeness (QED) is 0.607. The van der Waals surface area contributed by atoms with Gasteiger partial charge in [0.15, 0.2) is 0 Å². The lowest BCUT2D eigenvalue weighted by atomic mass is 10.0. The van der Waals surface area contributed by atoms with Crippen LogP contribution in [-0.2, 0) is 0 Å². The van der Waals surface area contributed by atoms with E-state index in [4.69, 9.17) is 0 Å². The molecule has 0 saturated carbocycles. The van der Waals surface area contributed by atoms with Gasteiger partial charge in [-0.25, -0.2) is 0 Å². The van der Waals surface area contributed by atoms with Crippen LogP contribution in [-0.4, -0.2) is 42.0 Å². The van der Waals surface area contributed by atoms with E-state index >= 15 is 0 Å². The summed E-state index contributed by atoms with van der Waals surface area (Å²) in [6, 6.07) is 6.10. The lowest BCUT2D eigenvalue weighted by molar-refractivity contribution is -0.0328. The molecule has 0 aromatic heterocycles. The Morgan fingerprint density at radius 1 is 1.29 bits per heavy atom. The van der Waals surface area contributed by atoms with Crippen molar-refractivity contribution in [1.82, 2.24) is 10.2 Å². The molecule has 1 amide bonds. The predicted molar refractivity (Wildman–Crippen MR) is 90.2 cm³/mol. The number of likely N-dealkylation sites (tertiary alicyclic amines) is 1. The van der Waals surface area contributed by atoms with Crippen molar-refractivity contribution in [3.63, 3.8) is 0 Å². The number of halogens is 3. The van der Waals surface area contributed by atoms with Gasteiger partial charge in [-0.2, -0.15) is 13.2 Å². The molecule has 1 atom stereocenters. The summed E-state index contributed by atoms with van der Waals surface area (Å²) >= 11 is -0.179. The molecule has 1 aromatic carbocycles. The topological polar surface area (TPSA) is 32.3 Å². The molecule has 1 heterocycles. The van der Waals surface area contributed by atoms with Gasteiger partial charge in [-0.15, -0.1) is 0 Å². The summed E-state index contributed by atoms with van der Waals surface area (Å²) in [6.07, 6.45) is 4.63. The maximum Gasteiger partial charge on any atom is 0.446 e. The van der Waals surface area contributed by atoms with Crippen LogP contribution in [0.5, 0.6) is 0 Å². The second-order valence-electron chi connectivity index (χ2n) is 6.06. The molecule has 0 radical (unpaired) electrons. The number of piperidine rings is 1. The number of alkyl halides is 3. The van der Waals surface area contributed by atoms with Crippen molar-refractivity contribution in [2.24, 2.45) is 0 Å². The molecule has 3 nitrogen and oxygen atoms in total. The van der Waals surface area contributed by atoms with Gasteiger partial charge in [0, 0.05) is 29.6 Å². The van der Waals surface area contributed by atoms with E-state index in [1.54, 1.807) is 0 Å². The number of rotatable bonds is 6. The van der Waals surface area contributed by atoms with Gasteiger partial charge in [-0.05, 0) is 68.8 Å². The molecule has 1 aromatic rings. The van der Waals surface area contributed by atoms with Gasteiger partial charge in [0.1, 0.15) is 0 Å². The molecular weight excluding hydrogens is 337 g/mol. The maximum atomic E-state index is 12.3. The first-order valence-corrected chi connectivity index (χ1v) is 9.05. The van der Waals surface area contributed by atoms with Crippen LogP contribution in [0.1, 0.15) is 43.0 Å². The molecule has 2 rings (SSSR count). The van der Waals surface area contributed by atoms with Crippen molar-refractivity contribution in [1.29, 1.82) is 0 Å². The van der Waals surface area contributed by atoms with Crippen LogP contribution in [0.2, 0.25) is 0 Å². The van der Waals surface area contributed by atoms with E-state index < -0.39 is 5.51 Å². The summed E-state index contributed by atoms with van der Waals surface area (Å²) in [6.45, 7) is 4.88. The fourth-order valence-electron chi connectivity index (χ4n) is 2.88. The third kappa shape index (κ3) is 6.36. The SMILES string of the molecule is CC1CCCCN1CCCNC(=O)c1ccc(SC(F)(F)F)cc1. The van der Waals surface area contributed by atoms with Crippen LogP contribution in [0.4, 0.5) is 13.2 Å². The fraction of sp³-hybridized carbons (Fsp3) is 0.588. The van der Waals surface area contributed by atoms with Crippen LogP contribution in [0.3, 0.4) is 0 Å². The minimum Gasteiger partial charge on any atom is -0.352 e. The second kappa shape index (κ2) is 8.76. The number of hydrogen-bond donors (Lipinski definition) is 1. The number of benzene rings is 1. The van der Waals surface area contributed by atoms with Crippen LogP contribution < -0.4 is 5.32 Å². The average molecular weight is 360 g/mol. The second-order valence-corrected chi connectivity index (χ2v) is 7.20.